The molecule has 11 heavy (non-hydrogen) atoms. The average Bonchev–Trinajstić information content (AvgIpc) is 1.90. The zero-order valence-corrected chi connectivity index (χ0v) is 6.92. The highest BCUT2D eigenvalue weighted by atomic mass is 16.3. The minimum atomic E-state index is -0.0611. The maximum Gasteiger partial charge on any atom is 0.0696 e. The molecule has 0 amide bonds. The number of nitrogens with one attached hydrogen (secondary N) is 1. The predicted octanol–water partition coefficient (Wildman–Crippen LogP) is 0.899. The molecule has 2 atom stereocenters. The topological polar surface area (TPSA) is 32.3 Å². The molecular weight excluding hydrogens is 138 g/mol. The minimum Gasteiger partial charge on any atom is -0.391 e. The summed E-state index contributed by atoms with van der Waals surface area (Å²) in [7, 11) is 0. The van der Waals surface area contributed by atoms with Gasteiger partial charge in [0.2, 0.25) is 0 Å². The van der Waals surface area contributed by atoms with Gasteiger partial charge in [-0.2, -0.15) is 0 Å². The molecule has 0 spiro atoms. The first kappa shape index (κ1) is 7.56. The zero-order chi connectivity index (χ0) is 7.68. The van der Waals surface area contributed by atoms with Gasteiger partial charge < -0.3 is 10.4 Å². The second-order valence-electron chi connectivity index (χ2n) is 3.88. The van der Waals surface area contributed by atoms with Crippen LogP contribution in [0.1, 0.15) is 32.1 Å². The molecule has 2 aliphatic rings. The van der Waals surface area contributed by atoms with Crippen molar-refractivity contribution in [1.82, 2.24) is 5.32 Å². The van der Waals surface area contributed by atoms with Gasteiger partial charge in [0, 0.05) is 6.04 Å². The number of piperidine rings is 1. The molecule has 1 aliphatic heterocycles. The Bertz CT molecular complexity index is 132. The van der Waals surface area contributed by atoms with Crippen LogP contribution in [-0.2, 0) is 0 Å². The van der Waals surface area contributed by atoms with E-state index in [0.717, 1.165) is 25.3 Å². The largest absolute Gasteiger partial charge is 0.391 e. The predicted molar refractivity (Wildman–Crippen MR) is 44.4 cm³/mol. The summed E-state index contributed by atoms with van der Waals surface area (Å²) >= 11 is 0. The van der Waals surface area contributed by atoms with Gasteiger partial charge in [-0.25, -0.2) is 0 Å². The lowest BCUT2D eigenvalue weighted by atomic mass is 9.76. The van der Waals surface area contributed by atoms with E-state index in [1.165, 1.54) is 19.3 Å². The molecule has 64 valence electrons. The lowest BCUT2D eigenvalue weighted by molar-refractivity contribution is 0.0452. The monoisotopic (exact) mass is 155 g/mol. The zero-order valence-electron chi connectivity index (χ0n) is 6.92. The Morgan fingerprint density at radius 1 is 1.09 bits per heavy atom. The average molecular weight is 155 g/mol. The standard InChI is InChI=1S/C9H17NO/c11-8-5-2-6-10-9(8)7-3-1-4-7/h7-11H,1-6H2. The molecule has 1 aliphatic carbocycles. The van der Waals surface area contributed by atoms with Gasteiger partial charge in [0.05, 0.1) is 6.10 Å². The summed E-state index contributed by atoms with van der Waals surface area (Å²) in [5, 5.41) is 13.1. The number of aliphatic hydroxyl groups is 1. The van der Waals surface area contributed by atoms with Crippen LogP contribution in [0.15, 0.2) is 0 Å². The highest BCUT2D eigenvalue weighted by molar-refractivity contribution is 4.90. The molecule has 0 aromatic rings. The van der Waals surface area contributed by atoms with Crippen molar-refractivity contribution in [1.29, 1.82) is 0 Å². The van der Waals surface area contributed by atoms with E-state index in [0.29, 0.717) is 6.04 Å². The Balaban J connectivity index is 1.88. The fourth-order valence-corrected chi connectivity index (χ4v) is 2.18. The molecule has 0 aromatic carbocycles. The van der Waals surface area contributed by atoms with Crippen LogP contribution in [0.3, 0.4) is 0 Å². The van der Waals surface area contributed by atoms with E-state index in [1.807, 2.05) is 0 Å². The Hall–Kier alpha value is -0.0800. The van der Waals surface area contributed by atoms with Crippen molar-refractivity contribution in [3.05, 3.63) is 0 Å². The van der Waals surface area contributed by atoms with Crippen molar-refractivity contribution in [2.24, 2.45) is 5.92 Å². The summed E-state index contributed by atoms with van der Waals surface area (Å²) in [5.41, 5.74) is 0. The molecule has 0 aromatic heterocycles. The van der Waals surface area contributed by atoms with Crippen molar-refractivity contribution in [3.8, 4) is 0 Å². The van der Waals surface area contributed by atoms with Crippen LogP contribution in [0.2, 0.25) is 0 Å². The van der Waals surface area contributed by atoms with Crippen molar-refractivity contribution in [3.63, 3.8) is 0 Å². The van der Waals surface area contributed by atoms with E-state index in [1.54, 1.807) is 0 Å². The highest BCUT2D eigenvalue weighted by Crippen LogP contribution is 2.32. The van der Waals surface area contributed by atoms with Crippen LogP contribution in [0.25, 0.3) is 0 Å². The van der Waals surface area contributed by atoms with Crippen LogP contribution >= 0.6 is 0 Å². The van der Waals surface area contributed by atoms with Gasteiger partial charge in [0.15, 0.2) is 0 Å². The van der Waals surface area contributed by atoms with Crippen molar-refractivity contribution in [2.75, 3.05) is 6.54 Å². The van der Waals surface area contributed by atoms with E-state index < -0.39 is 0 Å². The maximum atomic E-state index is 9.64. The van der Waals surface area contributed by atoms with Gasteiger partial charge in [-0.1, -0.05) is 6.42 Å². The molecule has 2 heteroatoms. The van der Waals surface area contributed by atoms with E-state index in [2.05, 4.69) is 5.32 Å². The highest BCUT2D eigenvalue weighted by Gasteiger charge is 2.33. The van der Waals surface area contributed by atoms with Crippen LogP contribution in [0.4, 0.5) is 0 Å². The van der Waals surface area contributed by atoms with E-state index >= 15 is 0 Å². The number of hydrogen-bond acceptors (Lipinski definition) is 2. The molecule has 2 nitrogen and oxygen atoms in total. The Kier molecular flexibility index (Phi) is 2.14. The first-order valence-corrected chi connectivity index (χ1v) is 4.79. The van der Waals surface area contributed by atoms with Crippen LogP contribution in [0.5, 0.6) is 0 Å². The summed E-state index contributed by atoms with van der Waals surface area (Å²) in [6.45, 7) is 1.11. The molecule has 2 N–H and O–H groups in total. The lowest BCUT2D eigenvalue weighted by Gasteiger charge is -2.39. The molecule has 0 radical (unpaired) electrons. The normalized spacial score (nSPS) is 40.1. The summed E-state index contributed by atoms with van der Waals surface area (Å²) in [5.74, 6) is 0.783. The van der Waals surface area contributed by atoms with Gasteiger partial charge in [0.25, 0.3) is 0 Å². The van der Waals surface area contributed by atoms with Crippen LogP contribution in [-0.4, -0.2) is 23.8 Å². The van der Waals surface area contributed by atoms with Crippen molar-refractivity contribution in [2.45, 2.75) is 44.2 Å². The Morgan fingerprint density at radius 2 is 1.91 bits per heavy atom. The summed E-state index contributed by atoms with van der Waals surface area (Å²) < 4.78 is 0. The van der Waals surface area contributed by atoms with E-state index in [-0.39, 0.29) is 6.10 Å². The van der Waals surface area contributed by atoms with Crippen LogP contribution < -0.4 is 5.32 Å². The first-order valence-electron chi connectivity index (χ1n) is 4.79. The Morgan fingerprint density at radius 3 is 2.45 bits per heavy atom. The molecule has 2 unspecified atom stereocenters. The van der Waals surface area contributed by atoms with Crippen molar-refractivity contribution < 1.29 is 5.11 Å². The number of aliphatic hydroxyl groups excluding tert-OH is 1. The second-order valence-corrected chi connectivity index (χ2v) is 3.88. The third kappa shape index (κ3) is 1.42. The van der Waals surface area contributed by atoms with Gasteiger partial charge >= 0.3 is 0 Å². The maximum absolute atomic E-state index is 9.64. The first-order chi connectivity index (χ1) is 5.38. The third-order valence-corrected chi connectivity index (χ3v) is 3.13. The summed E-state index contributed by atoms with van der Waals surface area (Å²) in [6, 6.07) is 0.428. The molecule has 2 fully saturated rings. The summed E-state index contributed by atoms with van der Waals surface area (Å²) in [6.07, 6.45) is 6.12. The number of hydrogen-bond donors (Lipinski definition) is 2. The molecule has 2 rings (SSSR count). The second kappa shape index (κ2) is 3.11. The molecule has 1 saturated carbocycles. The molecule has 1 heterocycles. The van der Waals surface area contributed by atoms with E-state index in [9.17, 15) is 5.11 Å². The molecular formula is C9H17NO. The fourth-order valence-electron chi connectivity index (χ4n) is 2.18. The quantitative estimate of drug-likeness (QED) is 0.589. The van der Waals surface area contributed by atoms with Gasteiger partial charge in [-0.05, 0) is 38.1 Å². The SMILES string of the molecule is OC1CCCNC1C1CCC1. The number of rotatable bonds is 1. The Labute approximate surface area is 68.0 Å². The smallest absolute Gasteiger partial charge is 0.0696 e. The lowest BCUT2D eigenvalue weighted by Crippen LogP contribution is -2.51. The third-order valence-electron chi connectivity index (χ3n) is 3.13. The molecule has 0 bridgehead atoms. The minimum absolute atomic E-state index is 0.0611. The van der Waals surface area contributed by atoms with Gasteiger partial charge in [-0.3, -0.25) is 0 Å². The van der Waals surface area contributed by atoms with Crippen molar-refractivity contribution >= 4 is 0 Å². The molecule has 1 saturated heterocycles. The fraction of sp³-hybridized carbons (Fsp3) is 1.00. The van der Waals surface area contributed by atoms with E-state index in [4.69, 9.17) is 0 Å². The van der Waals surface area contributed by atoms with Gasteiger partial charge in [-0.15, -0.1) is 0 Å². The van der Waals surface area contributed by atoms with Crippen LogP contribution in [0, 0.1) is 5.92 Å². The van der Waals surface area contributed by atoms with Gasteiger partial charge in [0.1, 0.15) is 0 Å². The summed E-state index contributed by atoms with van der Waals surface area (Å²) in [4.78, 5) is 0.